The van der Waals surface area contributed by atoms with Gasteiger partial charge in [-0.2, -0.15) is 0 Å². The summed E-state index contributed by atoms with van der Waals surface area (Å²) in [5.41, 5.74) is 0.583. The molecule has 0 saturated carbocycles. The largest absolute Gasteiger partial charge is 0.0776 e. The van der Waals surface area contributed by atoms with Crippen LogP contribution < -0.4 is 0 Å². The summed E-state index contributed by atoms with van der Waals surface area (Å²) in [6.45, 7) is 34.0. The molecule has 0 aromatic carbocycles. The summed E-state index contributed by atoms with van der Waals surface area (Å²) in [5, 5.41) is 0. The van der Waals surface area contributed by atoms with Crippen LogP contribution >= 0.6 is 0 Å². The predicted octanol–water partition coefficient (Wildman–Crippen LogP) is 11.3. The van der Waals surface area contributed by atoms with Crippen molar-refractivity contribution in [1.29, 1.82) is 0 Å². The number of rotatable bonds is 8. The van der Waals surface area contributed by atoms with Gasteiger partial charge in [0.1, 0.15) is 0 Å². The van der Waals surface area contributed by atoms with Crippen LogP contribution in [0.25, 0.3) is 0 Å². The second-order valence-electron chi connectivity index (χ2n) is 10.1. The van der Waals surface area contributed by atoms with E-state index in [4.69, 9.17) is 0 Å². The standard InChI is InChI=1S/3C7H16.C6H14.CH4/c1-5-7(3,4)6-2;2*1-5-7(4)6(2)3;1-4-6(3)5-2;/h5-6H2,1-4H3;2*6-7H,5H2,1-4H3;6H,4-5H2,1-3H3;1H4. The molecule has 0 aliphatic rings. The topological polar surface area (TPSA) is 0 Å². The minimum atomic E-state index is 0. The van der Waals surface area contributed by atoms with Crippen LogP contribution in [0.2, 0.25) is 0 Å². The lowest BCUT2D eigenvalue weighted by molar-refractivity contribution is 0.338. The van der Waals surface area contributed by atoms with Gasteiger partial charge in [-0.15, -0.1) is 0 Å². The third-order valence-electron chi connectivity index (χ3n) is 6.87. The maximum Gasteiger partial charge on any atom is -0.0359 e. The van der Waals surface area contributed by atoms with Crippen LogP contribution in [0.3, 0.4) is 0 Å². The molecule has 0 heteroatoms. The van der Waals surface area contributed by atoms with Gasteiger partial charge in [-0.25, -0.2) is 0 Å². The van der Waals surface area contributed by atoms with E-state index in [0.717, 1.165) is 29.6 Å². The molecule has 0 radical (unpaired) electrons. The van der Waals surface area contributed by atoms with Gasteiger partial charge in [-0.05, 0) is 35.0 Å². The van der Waals surface area contributed by atoms with Crippen LogP contribution in [0.1, 0.15) is 150 Å². The molecule has 178 valence electrons. The van der Waals surface area contributed by atoms with Crippen molar-refractivity contribution in [1.82, 2.24) is 0 Å². The Morgan fingerprint density at radius 2 is 0.750 bits per heavy atom. The predicted molar refractivity (Wildman–Crippen MR) is 139 cm³/mol. The highest BCUT2D eigenvalue weighted by atomic mass is 14.2. The molecule has 0 aromatic heterocycles. The van der Waals surface area contributed by atoms with Crippen LogP contribution in [0.5, 0.6) is 0 Å². The Morgan fingerprint density at radius 1 is 0.500 bits per heavy atom. The van der Waals surface area contributed by atoms with Gasteiger partial charge in [0.25, 0.3) is 0 Å². The third kappa shape index (κ3) is 33.6. The fourth-order valence-electron chi connectivity index (χ4n) is 1.48. The van der Waals surface area contributed by atoms with Crippen molar-refractivity contribution in [3.63, 3.8) is 0 Å². The minimum Gasteiger partial charge on any atom is -0.0776 e. The lowest BCUT2D eigenvalue weighted by atomic mass is 9.88. The van der Waals surface area contributed by atoms with Crippen LogP contribution in [0.15, 0.2) is 0 Å². The van der Waals surface area contributed by atoms with E-state index in [1.807, 2.05) is 0 Å². The highest BCUT2D eigenvalue weighted by Crippen LogP contribution is 2.22. The highest BCUT2D eigenvalue weighted by Gasteiger charge is 2.09. The summed E-state index contributed by atoms with van der Waals surface area (Å²) in [7, 11) is 0. The monoisotopic (exact) mass is 403 g/mol. The summed E-state index contributed by atoms with van der Waals surface area (Å²) < 4.78 is 0. The molecule has 2 unspecified atom stereocenters. The first kappa shape index (κ1) is 38.6. The Morgan fingerprint density at radius 3 is 0.750 bits per heavy atom. The normalized spacial score (nSPS) is 12.6. The molecule has 0 heterocycles. The fourth-order valence-corrected chi connectivity index (χ4v) is 1.48. The van der Waals surface area contributed by atoms with E-state index >= 15 is 0 Å². The van der Waals surface area contributed by atoms with Crippen molar-refractivity contribution in [2.75, 3.05) is 0 Å². The molecule has 0 amide bonds. The van der Waals surface area contributed by atoms with E-state index in [9.17, 15) is 0 Å². The Labute approximate surface area is 185 Å². The smallest absolute Gasteiger partial charge is 0.0359 e. The van der Waals surface area contributed by atoms with Gasteiger partial charge in [0.15, 0.2) is 0 Å². The van der Waals surface area contributed by atoms with Crippen LogP contribution in [-0.4, -0.2) is 0 Å². The summed E-state index contributed by atoms with van der Waals surface area (Å²) in [5.74, 6) is 4.47. The summed E-state index contributed by atoms with van der Waals surface area (Å²) in [4.78, 5) is 0. The molecule has 28 heavy (non-hydrogen) atoms. The molecule has 0 saturated heterocycles. The van der Waals surface area contributed by atoms with E-state index in [-0.39, 0.29) is 7.43 Å². The Balaban J connectivity index is -0.0000000831. The first-order chi connectivity index (χ1) is 12.3. The lowest BCUT2D eigenvalue weighted by Gasteiger charge is -2.18. The molecule has 0 nitrogen and oxygen atoms in total. The zero-order valence-electron chi connectivity index (χ0n) is 22.6. The number of hydrogen-bond acceptors (Lipinski definition) is 0. The first-order valence-corrected chi connectivity index (χ1v) is 12.3. The van der Waals surface area contributed by atoms with Crippen LogP contribution in [0.4, 0.5) is 0 Å². The van der Waals surface area contributed by atoms with E-state index in [0.29, 0.717) is 5.41 Å². The highest BCUT2D eigenvalue weighted by molar-refractivity contribution is 4.61. The van der Waals surface area contributed by atoms with Crippen molar-refractivity contribution >= 4 is 0 Å². The van der Waals surface area contributed by atoms with Gasteiger partial charge in [0, 0.05) is 0 Å². The van der Waals surface area contributed by atoms with Gasteiger partial charge in [-0.1, -0.05) is 150 Å². The van der Waals surface area contributed by atoms with Gasteiger partial charge in [0.2, 0.25) is 0 Å². The molecule has 0 aliphatic heterocycles. The summed E-state index contributed by atoms with van der Waals surface area (Å²) >= 11 is 0. The molecule has 0 fully saturated rings. The quantitative estimate of drug-likeness (QED) is 0.378. The van der Waals surface area contributed by atoms with Gasteiger partial charge < -0.3 is 0 Å². The third-order valence-corrected chi connectivity index (χ3v) is 6.87. The Kier molecular flexibility index (Phi) is 34.5. The average Bonchev–Trinajstić information content (AvgIpc) is 2.66. The Hall–Kier alpha value is 0. The molecule has 2 atom stereocenters. The van der Waals surface area contributed by atoms with Crippen LogP contribution in [-0.2, 0) is 0 Å². The molecule has 0 rings (SSSR count). The average molecular weight is 403 g/mol. The minimum absolute atomic E-state index is 0. The maximum absolute atomic E-state index is 2.30. The van der Waals surface area contributed by atoms with E-state index in [1.54, 1.807) is 0 Å². The molecular formula is C28H66. The SMILES string of the molecule is C.CCC(C)(C)CC.CCC(C)C(C)C.CCC(C)C(C)C.CCC(C)CC. The summed E-state index contributed by atoms with van der Waals surface area (Å²) in [6.07, 6.45) is 7.88. The van der Waals surface area contributed by atoms with E-state index < -0.39 is 0 Å². The van der Waals surface area contributed by atoms with Crippen molar-refractivity contribution in [3.05, 3.63) is 0 Å². The van der Waals surface area contributed by atoms with Crippen molar-refractivity contribution in [3.8, 4) is 0 Å². The molecular weight excluding hydrogens is 336 g/mol. The molecule has 0 aliphatic carbocycles. The second-order valence-corrected chi connectivity index (χ2v) is 10.1. The summed E-state index contributed by atoms with van der Waals surface area (Å²) in [6, 6.07) is 0. The zero-order valence-corrected chi connectivity index (χ0v) is 22.6. The lowest BCUT2D eigenvalue weighted by Crippen LogP contribution is -2.05. The first-order valence-electron chi connectivity index (χ1n) is 12.3. The fraction of sp³-hybridized carbons (Fsp3) is 1.00. The molecule has 0 spiro atoms. The zero-order chi connectivity index (χ0) is 22.6. The van der Waals surface area contributed by atoms with Crippen molar-refractivity contribution < 1.29 is 0 Å². The van der Waals surface area contributed by atoms with Crippen molar-refractivity contribution in [2.24, 2.45) is 35.0 Å². The second kappa shape index (κ2) is 25.0. The van der Waals surface area contributed by atoms with E-state index in [2.05, 4.69) is 104 Å². The van der Waals surface area contributed by atoms with Gasteiger partial charge in [0.05, 0.1) is 0 Å². The van der Waals surface area contributed by atoms with Gasteiger partial charge in [-0.3, -0.25) is 0 Å². The molecule has 0 aromatic rings. The van der Waals surface area contributed by atoms with Crippen molar-refractivity contribution in [2.45, 2.75) is 150 Å². The van der Waals surface area contributed by atoms with E-state index in [1.165, 1.54) is 38.5 Å². The maximum atomic E-state index is 2.30. The Bertz CT molecular complexity index is 225. The van der Waals surface area contributed by atoms with Gasteiger partial charge >= 0.3 is 0 Å². The van der Waals surface area contributed by atoms with Crippen LogP contribution in [0, 0.1) is 35.0 Å². The molecule has 0 bridgehead atoms. The number of hydrogen-bond donors (Lipinski definition) is 0. The molecule has 0 N–H and O–H groups in total.